The first-order valence-electron chi connectivity index (χ1n) is 5.47. The third-order valence-corrected chi connectivity index (χ3v) is 3.72. The Morgan fingerprint density at radius 3 is 2.74 bits per heavy atom. The second kappa shape index (κ2) is 6.05. The lowest BCUT2D eigenvalue weighted by molar-refractivity contribution is 0.625. The first-order chi connectivity index (χ1) is 9.08. The number of anilines is 1. The van der Waals surface area contributed by atoms with Gasteiger partial charge >= 0.3 is 0 Å². The topological polar surface area (TPSA) is 35.8 Å². The van der Waals surface area contributed by atoms with Gasteiger partial charge in [0.15, 0.2) is 0 Å². The van der Waals surface area contributed by atoms with Crippen molar-refractivity contribution in [3.8, 4) is 6.07 Å². The molecule has 96 valence electrons. The highest BCUT2D eigenvalue weighted by Gasteiger charge is 2.02. The van der Waals surface area contributed by atoms with Gasteiger partial charge in [0, 0.05) is 16.7 Å². The smallest absolute Gasteiger partial charge is 0.124 e. The van der Waals surface area contributed by atoms with Gasteiger partial charge in [-0.25, -0.2) is 4.39 Å². The summed E-state index contributed by atoms with van der Waals surface area (Å²) in [4.78, 5) is 0. The summed E-state index contributed by atoms with van der Waals surface area (Å²) in [5.74, 6) is -0.409. The van der Waals surface area contributed by atoms with Crippen LogP contribution in [0.2, 0.25) is 5.02 Å². The van der Waals surface area contributed by atoms with E-state index >= 15 is 0 Å². The summed E-state index contributed by atoms with van der Waals surface area (Å²) < 4.78 is 14.0. The molecule has 2 aromatic rings. The molecule has 0 aliphatic heterocycles. The van der Waals surface area contributed by atoms with E-state index in [4.69, 9.17) is 16.9 Å². The van der Waals surface area contributed by atoms with Crippen LogP contribution in [0.15, 0.2) is 40.9 Å². The molecule has 0 saturated heterocycles. The number of hydrogen-bond acceptors (Lipinski definition) is 2. The number of nitrogens with zero attached hydrogens (tertiary/aromatic N) is 1. The maximum Gasteiger partial charge on any atom is 0.124 e. The van der Waals surface area contributed by atoms with Crippen LogP contribution in [0.25, 0.3) is 0 Å². The van der Waals surface area contributed by atoms with Gasteiger partial charge in [0.1, 0.15) is 5.82 Å². The molecular weight excluding hydrogens is 331 g/mol. The van der Waals surface area contributed by atoms with Crippen molar-refractivity contribution < 1.29 is 4.39 Å². The molecule has 0 heterocycles. The molecule has 2 aromatic carbocycles. The molecule has 0 spiro atoms. The first-order valence-corrected chi connectivity index (χ1v) is 6.64. The average molecular weight is 340 g/mol. The van der Waals surface area contributed by atoms with Crippen LogP contribution in [0.1, 0.15) is 11.1 Å². The Bertz CT molecular complexity index is 652. The zero-order valence-corrected chi connectivity index (χ0v) is 12.1. The second-order valence-corrected chi connectivity index (χ2v) is 5.20. The molecule has 19 heavy (non-hydrogen) atoms. The van der Waals surface area contributed by atoms with Crippen LogP contribution in [0.4, 0.5) is 10.1 Å². The monoisotopic (exact) mass is 338 g/mol. The summed E-state index contributed by atoms with van der Waals surface area (Å²) in [7, 11) is 0. The van der Waals surface area contributed by atoms with Crippen molar-refractivity contribution in [3.63, 3.8) is 0 Å². The summed E-state index contributed by atoms with van der Waals surface area (Å²) >= 11 is 9.23. The van der Waals surface area contributed by atoms with Crippen LogP contribution < -0.4 is 5.32 Å². The van der Waals surface area contributed by atoms with Crippen molar-refractivity contribution >= 4 is 33.2 Å². The Morgan fingerprint density at radius 2 is 2.05 bits per heavy atom. The third kappa shape index (κ3) is 3.69. The van der Waals surface area contributed by atoms with Gasteiger partial charge in [0.2, 0.25) is 0 Å². The Hall–Kier alpha value is -1.57. The number of benzene rings is 2. The van der Waals surface area contributed by atoms with Crippen molar-refractivity contribution in [2.45, 2.75) is 6.54 Å². The van der Waals surface area contributed by atoms with Crippen molar-refractivity contribution in [1.82, 2.24) is 0 Å². The van der Waals surface area contributed by atoms with Crippen molar-refractivity contribution in [1.29, 1.82) is 5.26 Å². The van der Waals surface area contributed by atoms with E-state index in [2.05, 4.69) is 21.2 Å². The summed E-state index contributed by atoms with van der Waals surface area (Å²) in [5, 5.41) is 12.6. The third-order valence-electron chi connectivity index (χ3n) is 2.50. The molecule has 0 aliphatic carbocycles. The van der Waals surface area contributed by atoms with Crippen LogP contribution in [-0.2, 0) is 6.54 Å². The fourth-order valence-corrected chi connectivity index (χ4v) is 2.12. The zero-order valence-electron chi connectivity index (χ0n) is 9.75. The SMILES string of the molecule is N#Cc1cc(F)cc(CNc2ccc(Cl)c(Br)c2)c1. The molecule has 0 radical (unpaired) electrons. The lowest BCUT2D eigenvalue weighted by Gasteiger charge is -2.08. The summed E-state index contributed by atoms with van der Waals surface area (Å²) in [6, 6.07) is 11.6. The molecule has 5 heteroatoms. The lowest BCUT2D eigenvalue weighted by Crippen LogP contribution is -2.00. The van der Waals surface area contributed by atoms with Crippen molar-refractivity contribution in [3.05, 3.63) is 62.8 Å². The fraction of sp³-hybridized carbons (Fsp3) is 0.0714. The van der Waals surface area contributed by atoms with E-state index in [-0.39, 0.29) is 0 Å². The van der Waals surface area contributed by atoms with Crippen molar-refractivity contribution in [2.24, 2.45) is 0 Å². The quantitative estimate of drug-likeness (QED) is 0.878. The van der Waals surface area contributed by atoms with Crippen LogP contribution >= 0.6 is 27.5 Å². The van der Waals surface area contributed by atoms with E-state index in [1.54, 1.807) is 12.1 Å². The molecule has 0 amide bonds. The number of nitriles is 1. The normalized spacial score (nSPS) is 10.0. The molecule has 0 aliphatic rings. The highest BCUT2D eigenvalue weighted by molar-refractivity contribution is 9.10. The van der Waals surface area contributed by atoms with Gasteiger partial charge in [0.05, 0.1) is 16.7 Å². The number of rotatable bonds is 3. The van der Waals surface area contributed by atoms with Gasteiger partial charge in [-0.15, -0.1) is 0 Å². The number of halogens is 3. The summed E-state index contributed by atoms with van der Waals surface area (Å²) in [6.07, 6.45) is 0. The van der Waals surface area contributed by atoms with Crippen molar-refractivity contribution in [2.75, 3.05) is 5.32 Å². The first kappa shape index (κ1) is 13.9. The molecule has 2 nitrogen and oxygen atoms in total. The molecule has 0 bridgehead atoms. The Kier molecular flexibility index (Phi) is 4.41. The lowest BCUT2D eigenvalue weighted by atomic mass is 10.1. The van der Waals surface area contributed by atoms with E-state index in [1.807, 2.05) is 18.2 Å². The molecule has 0 aromatic heterocycles. The highest BCUT2D eigenvalue weighted by Crippen LogP contribution is 2.25. The molecule has 2 rings (SSSR count). The van der Waals surface area contributed by atoms with Gasteiger partial charge < -0.3 is 5.32 Å². The van der Waals surface area contributed by atoms with Crippen LogP contribution in [-0.4, -0.2) is 0 Å². The standard InChI is InChI=1S/C14H9BrClFN2/c15-13-6-12(1-2-14(13)16)19-8-10-3-9(7-18)4-11(17)5-10/h1-6,19H,8H2. The van der Waals surface area contributed by atoms with Gasteiger partial charge in [-0.05, 0) is 57.9 Å². The highest BCUT2D eigenvalue weighted by atomic mass is 79.9. The van der Waals surface area contributed by atoms with E-state index in [0.29, 0.717) is 22.7 Å². The zero-order chi connectivity index (χ0) is 13.8. The average Bonchev–Trinajstić information content (AvgIpc) is 2.39. The van der Waals surface area contributed by atoms with E-state index in [1.165, 1.54) is 12.1 Å². The molecule has 0 fully saturated rings. The Morgan fingerprint density at radius 1 is 1.26 bits per heavy atom. The van der Waals surface area contributed by atoms with Gasteiger partial charge in [-0.3, -0.25) is 0 Å². The molecule has 1 N–H and O–H groups in total. The molecule has 0 unspecified atom stereocenters. The van der Waals surface area contributed by atoms with Gasteiger partial charge in [-0.1, -0.05) is 11.6 Å². The largest absolute Gasteiger partial charge is 0.381 e. The fourth-order valence-electron chi connectivity index (χ4n) is 1.63. The van der Waals surface area contributed by atoms with Crippen LogP contribution in [0, 0.1) is 17.1 Å². The van der Waals surface area contributed by atoms with E-state index in [9.17, 15) is 4.39 Å². The number of hydrogen-bond donors (Lipinski definition) is 1. The number of nitrogens with one attached hydrogen (secondary N) is 1. The predicted octanol–water partition coefficient (Wildman–Crippen LogP) is 4.73. The minimum atomic E-state index is -0.409. The van der Waals surface area contributed by atoms with Crippen LogP contribution in [0.5, 0.6) is 0 Å². The maximum atomic E-state index is 13.3. The van der Waals surface area contributed by atoms with E-state index < -0.39 is 5.82 Å². The minimum absolute atomic E-state index is 0.314. The van der Waals surface area contributed by atoms with Gasteiger partial charge in [0.25, 0.3) is 0 Å². The summed E-state index contributed by atoms with van der Waals surface area (Å²) in [6.45, 7) is 0.431. The van der Waals surface area contributed by atoms with E-state index in [0.717, 1.165) is 10.2 Å². The summed E-state index contributed by atoms with van der Waals surface area (Å²) in [5.41, 5.74) is 1.88. The Labute approximate surface area is 123 Å². The molecule has 0 saturated carbocycles. The second-order valence-electron chi connectivity index (χ2n) is 3.94. The van der Waals surface area contributed by atoms with Gasteiger partial charge in [-0.2, -0.15) is 5.26 Å². The molecule has 0 atom stereocenters. The van der Waals surface area contributed by atoms with Crippen LogP contribution in [0.3, 0.4) is 0 Å². The molecular formula is C14H9BrClFN2. The predicted molar refractivity (Wildman–Crippen MR) is 77.6 cm³/mol. The maximum absolute atomic E-state index is 13.3. The Balaban J connectivity index is 2.12. The minimum Gasteiger partial charge on any atom is -0.381 e.